The van der Waals surface area contributed by atoms with Crippen LogP contribution >= 0.6 is 0 Å². The second kappa shape index (κ2) is 18.7. The second-order valence-electron chi connectivity index (χ2n) is 17.4. The largest absolute Gasteiger partial charge is 0.310 e. The number of para-hydroxylation sites is 5. The van der Waals surface area contributed by atoms with Crippen molar-refractivity contribution in [3.8, 4) is 27.9 Å². The second-order valence-corrected chi connectivity index (χ2v) is 17.4. The Bertz CT molecular complexity index is 3540. The third kappa shape index (κ3) is 8.14. The molecule has 0 saturated heterocycles. The highest BCUT2D eigenvalue weighted by molar-refractivity contribution is 6.11. The minimum atomic E-state index is 1.02. The summed E-state index contributed by atoms with van der Waals surface area (Å²) in [4.78, 5) is 7.13. The van der Waals surface area contributed by atoms with Crippen LogP contribution in [0.25, 0.3) is 49.7 Å². The Kier molecular flexibility index (Phi) is 11.2. The highest BCUT2D eigenvalue weighted by Gasteiger charge is 2.23. The Labute approximate surface area is 409 Å². The summed E-state index contributed by atoms with van der Waals surface area (Å²) in [5, 5.41) is 2.35. The maximum atomic E-state index is 2.45. The minimum absolute atomic E-state index is 1.02. The number of benzene rings is 11. The van der Waals surface area contributed by atoms with Crippen molar-refractivity contribution in [1.82, 2.24) is 4.57 Å². The van der Waals surface area contributed by atoms with Gasteiger partial charge in [-0.1, -0.05) is 176 Å². The smallest absolute Gasteiger partial charge is 0.0542 e. The van der Waals surface area contributed by atoms with Crippen LogP contribution in [-0.4, -0.2) is 4.57 Å². The van der Waals surface area contributed by atoms with E-state index in [1.54, 1.807) is 0 Å². The number of hydrogen-bond acceptors (Lipinski definition) is 3. The van der Waals surface area contributed by atoms with Crippen LogP contribution in [-0.2, 0) is 0 Å². The predicted octanol–water partition coefficient (Wildman–Crippen LogP) is 18.5. The number of hydrogen-bond donors (Lipinski definition) is 0. The predicted molar refractivity (Wildman–Crippen MR) is 296 cm³/mol. The van der Waals surface area contributed by atoms with Crippen molar-refractivity contribution in [2.45, 2.75) is 0 Å². The molecular formula is C66H48N4. The van der Waals surface area contributed by atoms with Gasteiger partial charge in [-0.2, -0.15) is 0 Å². The molecule has 1 aromatic heterocycles. The van der Waals surface area contributed by atoms with Crippen molar-refractivity contribution in [2.75, 3.05) is 14.7 Å². The van der Waals surface area contributed by atoms with Crippen molar-refractivity contribution >= 4 is 73.0 Å². The molecule has 0 N–H and O–H groups in total. The van der Waals surface area contributed by atoms with Crippen molar-refractivity contribution < 1.29 is 0 Å². The van der Waals surface area contributed by atoms with Crippen molar-refractivity contribution in [3.63, 3.8) is 0 Å². The maximum absolute atomic E-state index is 2.45. The number of aromatic nitrogens is 1. The molecule has 0 saturated carbocycles. The zero-order chi connectivity index (χ0) is 46.6. The van der Waals surface area contributed by atoms with Gasteiger partial charge in [0.25, 0.3) is 0 Å². The molecule has 0 unspecified atom stereocenters. The molecule has 0 radical (unpaired) electrons. The molecule has 4 heteroatoms. The lowest BCUT2D eigenvalue weighted by Crippen LogP contribution is -2.14. The summed E-state index contributed by atoms with van der Waals surface area (Å²) in [6.07, 6.45) is 0. The molecule has 70 heavy (non-hydrogen) atoms. The fourth-order valence-corrected chi connectivity index (χ4v) is 9.91. The van der Waals surface area contributed by atoms with E-state index < -0.39 is 0 Å². The van der Waals surface area contributed by atoms with E-state index in [9.17, 15) is 0 Å². The summed E-state index contributed by atoms with van der Waals surface area (Å²) in [5.41, 5.74) is 17.5. The molecule has 0 amide bonds. The first-order valence-corrected chi connectivity index (χ1v) is 23.8. The van der Waals surface area contributed by atoms with E-state index in [-0.39, 0.29) is 0 Å². The lowest BCUT2D eigenvalue weighted by molar-refractivity contribution is 1.16. The van der Waals surface area contributed by atoms with Gasteiger partial charge < -0.3 is 19.3 Å². The van der Waals surface area contributed by atoms with Gasteiger partial charge in [-0.25, -0.2) is 0 Å². The first kappa shape index (κ1) is 42.0. The zero-order valence-corrected chi connectivity index (χ0v) is 38.5. The van der Waals surface area contributed by atoms with Gasteiger partial charge in [0.15, 0.2) is 0 Å². The highest BCUT2D eigenvalue weighted by atomic mass is 15.2. The van der Waals surface area contributed by atoms with Gasteiger partial charge in [0.2, 0.25) is 0 Å². The molecular weight excluding hydrogens is 849 g/mol. The molecule has 0 bridgehead atoms. The van der Waals surface area contributed by atoms with Crippen molar-refractivity contribution in [2.24, 2.45) is 0 Å². The molecule has 0 spiro atoms. The molecule has 11 aromatic carbocycles. The fraction of sp³-hybridized carbons (Fsp3) is 0. The zero-order valence-electron chi connectivity index (χ0n) is 38.5. The van der Waals surface area contributed by atoms with Crippen molar-refractivity contribution in [1.29, 1.82) is 0 Å². The number of fused-ring (bicyclic) bond motifs is 3. The van der Waals surface area contributed by atoms with E-state index >= 15 is 0 Å². The van der Waals surface area contributed by atoms with Gasteiger partial charge in [0.1, 0.15) is 0 Å². The summed E-state index contributed by atoms with van der Waals surface area (Å²) in [7, 11) is 0. The molecule has 0 aliphatic heterocycles. The average Bonchev–Trinajstić information content (AvgIpc) is 3.77. The fourth-order valence-electron chi connectivity index (χ4n) is 9.91. The minimum Gasteiger partial charge on any atom is -0.310 e. The Morgan fingerprint density at radius 3 is 1.01 bits per heavy atom. The lowest BCUT2D eigenvalue weighted by Gasteiger charge is -2.31. The molecule has 12 rings (SSSR count). The average molecular weight is 897 g/mol. The summed E-state index contributed by atoms with van der Waals surface area (Å²) in [6, 6.07) is 105. The number of rotatable bonds is 12. The van der Waals surface area contributed by atoms with E-state index in [0.29, 0.717) is 0 Å². The molecule has 0 atom stereocenters. The first-order chi connectivity index (χ1) is 34.7. The van der Waals surface area contributed by atoms with Gasteiger partial charge in [-0.15, -0.1) is 0 Å². The van der Waals surface area contributed by atoms with Gasteiger partial charge in [-0.3, -0.25) is 0 Å². The monoisotopic (exact) mass is 896 g/mol. The van der Waals surface area contributed by atoms with Crippen molar-refractivity contribution in [3.05, 3.63) is 291 Å². The SMILES string of the molecule is c1ccc(-c2cccc(N(c3cccc(-c4ccccc4)c3)c3cc(N(c4ccccc4)c4ccccc4)cc(-n4c5ccccc5c5cc(N(c6ccccc6)c6ccccc6)ccc54)c3)c2)cc1. The maximum Gasteiger partial charge on any atom is 0.0542 e. The van der Waals surface area contributed by atoms with Crippen LogP contribution < -0.4 is 14.7 Å². The van der Waals surface area contributed by atoms with E-state index in [1.165, 1.54) is 21.9 Å². The van der Waals surface area contributed by atoms with Crippen LogP contribution in [0.1, 0.15) is 0 Å². The Hall–Kier alpha value is -9.38. The summed E-state index contributed by atoms with van der Waals surface area (Å²) in [6.45, 7) is 0. The van der Waals surface area contributed by atoms with Crippen LogP contribution in [0.2, 0.25) is 0 Å². The third-order valence-electron chi connectivity index (χ3n) is 13.1. The van der Waals surface area contributed by atoms with E-state index in [2.05, 4.69) is 310 Å². The molecule has 1 heterocycles. The number of anilines is 9. The van der Waals surface area contributed by atoms with Crippen LogP contribution in [0.15, 0.2) is 291 Å². The van der Waals surface area contributed by atoms with E-state index in [0.717, 1.165) is 79.0 Å². The lowest BCUT2D eigenvalue weighted by atomic mass is 10.0. The van der Waals surface area contributed by atoms with Gasteiger partial charge in [0.05, 0.1) is 28.1 Å². The topological polar surface area (TPSA) is 14.7 Å². The molecule has 0 fully saturated rings. The Morgan fingerprint density at radius 2 is 0.543 bits per heavy atom. The third-order valence-corrected chi connectivity index (χ3v) is 13.1. The van der Waals surface area contributed by atoms with Crippen LogP contribution in [0, 0.1) is 0 Å². The van der Waals surface area contributed by atoms with E-state index in [1.807, 2.05) is 0 Å². The van der Waals surface area contributed by atoms with Gasteiger partial charge in [0, 0.05) is 50.6 Å². The molecule has 12 aromatic rings. The highest BCUT2D eigenvalue weighted by Crippen LogP contribution is 2.46. The van der Waals surface area contributed by atoms with Gasteiger partial charge >= 0.3 is 0 Å². The summed E-state index contributed by atoms with van der Waals surface area (Å²) >= 11 is 0. The standard InChI is InChI=1S/C66H48N4/c1-7-23-49(24-8-1)51-27-21-37-57(43-51)69(58-38-22-28-52(44-58)50-25-9-2-10-26-50)61-45-60(68(55-33-15-5-16-34-55)56-35-17-6-18-36-56)46-62(47-61)70-65-40-20-19-39-63(65)64-48-59(41-42-66(64)70)67(53-29-11-3-12-30-53)54-31-13-4-14-32-54/h1-48H. The van der Waals surface area contributed by atoms with Gasteiger partial charge in [-0.05, 0) is 138 Å². The van der Waals surface area contributed by atoms with E-state index in [4.69, 9.17) is 0 Å². The first-order valence-electron chi connectivity index (χ1n) is 23.8. The number of nitrogens with zero attached hydrogens (tertiary/aromatic N) is 4. The molecule has 0 aliphatic rings. The van der Waals surface area contributed by atoms with Crippen LogP contribution in [0.5, 0.6) is 0 Å². The normalized spacial score (nSPS) is 11.1. The Morgan fingerprint density at radius 1 is 0.200 bits per heavy atom. The summed E-state index contributed by atoms with van der Waals surface area (Å²) in [5.74, 6) is 0. The quantitative estimate of drug-likeness (QED) is 0.121. The molecule has 332 valence electrons. The Balaban J connectivity index is 1.13. The summed E-state index contributed by atoms with van der Waals surface area (Å²) < 4.78 is 2.45. The molecule has 0 aliphatic carbocycles. The van der Waals surface area contributed by atoms with Crippen LogP contribution in [0.4, 0.5) is 51.2 Å². The van der Waals surface area contributed by atoms with Crippen LogP contribution in [0.3, 0.4) is 0 Å². The molecule has 4 nitrogen and oxygen atoms in total.